The molecule has 21 aliphatic rings. The number of carbonyl (C=O) groups excluding carboxylic acids is 4. The summed E-state index contributed by atoms with van der Waals surface area (Å²) in [7, 11) is 7.12. The van der Waals surface area contributed by atoms with Crippen LogP contribution in [0.25, 0.3) is 0 Å². The van der Waals surface area contributed by atoms with E-state index < -0.39 is 283 Å². The van der Waals surface area contributed by atoms with E-state index >= 15 is 0 Å². The summed E-state index contributed by atoms with van der Waals surface area (Å²) >= 11 is 1.96. The Hall–Kier alpha value is -2.76. The van der Waals surface area contributed by atoms with Crippen LogP contribution in [0.3, 0.4) is 0 Å². The second-order valence-electron chi connectivity index (χ2n) is 29.8. The maximum atomic E-state index is 14.2. The lowest BCUT2D eigenvalue weighted by Gasteiger charge is -2.50. The van der Waals surface area contributed by atoms with Gasteiger partial charge in [0, 0.05) is 79.3 Å². The molecule has 0 saturated carbocycles. The van der Waals surface area contributed by atoms with Crippen LogP contribution in [0.1, 0.15) is 26.2 Å². The van der Waals surface area contributed by atoms with Gasteiger partial charge < -0.3 is 189 Å². The molecular formula is C73H113N5O39S6. The number of aliphatic hydroxyl groups excluding tert-OH is 19. The Bertz CT molecular complexity index is 3460. The summed E-state index contributed by atoms with van der Waals surface area (Å²) in [6, 6.07) is 9.91. The van der Waals surface area contributed by atoms with Crippen LogP contribution in [-0.4, -0.2) is 465 Å². The van der Waals surface area contributed by atoms with Crippen molar-refractivity contribution in [3.05, 3.63) is 48.8 Å². The first-order chi connectivity index (χ1) is 59.1. The average molecular weight is 1880 g/mol. The monoisotopic (exact) mass is 1880 g/mol. The highest BCUT2D eigenvalue weighted by atomic mass is 33.1. The number of likely N-dealkylation sites (N-methyl/N-ethyl adjacent to an activating group) is 1. The molecular weight excluding hydrogens is 1760 g/mol. The smallest absolute Gasteiger partial charge is 0.238 e. The highest BCUT2D eigenvalue weighted by Gasteiger charge is 2.60. The van der Waals surface area contributed by atoms with Crippen molar-refractivity contribution in [2.45, 2.75) is 257 Å². The minimum Gasteiger partial charge on any atom is -0.394 e. The summed E-state index contributed by atoms with van der Waals surface area (Å²) in [6.45, 7) is -3.37. The first-order valence-electron chi connectivity index (χ1n) is 39.8. The van der Waals surface area contributed by atoms with E-state index in [-0.39, 0.29) is 81.8 Å². The molecule has 21 fully saturated rings. The molecule has 44 nitrogen and oxygen atoms in total. The average Bonchev–Trinajstić information content (AvgIpc) is 0.886. The van der Waals surface area contributed by atoms with Crippen molar-refractivity contribution in [3.63, 3.8) is 0 Å². The van der Waals surface area contributed by atoms with E-state index in [1.807, 2.05) is 18.2 Å². The van der Waals surface area contributed by atoms with Gasteiger partial charge in [-0.05, 0) is 59.8 Å². The fraction of sp³-hybridized carbons (Fsp3) is 0.808. The first kappa shape index (κ1) is 102. The fourth-order valence-electron chi connectivity index (χ4n) is 14.3. The molecule has 2 aromatic rings. The molecule has 0 aliphatic carbocycles. The summed E-state index contributed by atoms with van der Waals surface area (Å²) in [4.78, 5) is 61.3. The number of aromatic nitrogens is 2. The Labute approximate surface area is 730 Å². The zero-order valence-corrected chi connectivity index (χ0v) is 71.5. The van der Waals surface area contributed by atoms with Crippen LogP contribution in [0.4, 0.5) is 0 Å². The van der Waals surface area contributed by atoms with Crippen LogP contribution in [0.2, 0.25) is 0 Å². The van der Waals surface area contributed by atoms with Crippen molar-refractivity contribution in [1.82, 2.24) is 25.9 Å². The van der Waals surface area contributed by atoms with Crippen LogP contribution in [0, 0.1) is 5.92 Å². The standard InChI is InChI=1S/C73H113N5O39S6/c1-31(84)9-15-102-17-18-103-16-10-33(85)21-32(65(100)77-13-19-120-122-42-7-3-5-11-75-42)27-118-29-40-63-49(91)56(98)72(109-40)114-61-38(25-82)105-69(52(94)45(61)87)113-60-37(24-81)108-71(55(97)48(60)90)117-64-41(30-119-28-34(74-2)66(101)78-14-20-121-123-43-8-4-6-12-76-43)110-73(57(99)50(64)92)115-62-39(26-83)106-68(53(95)46(62)88)111-58-35(22-79)104-67(51(93)44(58)86)112-59-36(23-80)107-70(116-63)54(96)47(59)89/h3-8,11-12,32,34-41,44-64,67-74,79-83,86-99H,9-10,13-30H2,1-2H3,(H,77,100)(H,78,101)/t32-,34-,35?,36?,37?,38?,39?,40?,41?,44?,45?,46?,47-,48-,49-,50?,51+,52+,53+,54?,55?,56?,57+,58-,59-,60-,61-,62-,63-,64-,67-,68-,69+,70-,71+,72-,73+/m1/s1. The van der Waals surface area contributed by atoms with Crippen LogP contribution >= 0.6 is 66.7 Å². The zero-order valence-electron chi connectivity index (χ0n) is 66.6. The number of hydrogen-bond acceptors (Lipinski definition) is 48. The number of hydrogen-bond donors (Lipinski definition) is 22. The topological polar surface area (TPSA) is 662 Å². The number of carbonyl (C=O) groups is 4. The second-order valence-corrected chi connectivity index (χ2v) is 36.8. The molecule has 0 radical (unpaired) electrons. The van der Waals surface area contributed by atoms with Crippen molar-refractivity contribution >= 4 is 90.1 Å². The Morgan fingerprint density at radius 1 is 0.390 bits per heavy atom. The zero-order chi connectivity index (χ0) is 88.7. The first-order valence-corrected chi connectivity index (χ1v) is 46.8. The Morgan fingerprint density at radius 2 is 0.691 bits per heavy atom. The van der Waals surface area contributed by atoms with Gasteiger partial charge in [0.2, 0.25) is 11.8 Å². The summed E-state index contributed by atoms with van der Waals surface area (Å²) in [5.41, 5.74) is 0. The number of nitrogens with zero attached hydrogens (tertiary/aromatic N) is 2. The normalized spacial score (nSPS) is 39.4. The SMILES string of the molecule is CN[C@H](CSCC1O[C@H]2O[C@@H]3C(CO)O[C@H](O[C@@H]4C(CO)O[C@H](O[C@@H]5C(CO)O[C@H](O[C@@H]6C(CSC[C@@H](CC(=O)CCOCCOCCC(C)=O)C(=O)NCCSSc7ccccn7)O[C@H](O[C@@H]7C(CO)O[C@@H](O[C@@H]8C(CO)O[C@@H](O[C@H]1C(O)[C@@H]2O)C(O)[C@H]8O)[C@@H](O)C7O)C(O)[C@H]6O)C(O)[C@H]5O)[C@@H](O)C4O)[C@@H](O)C3O)C(=O)NCCSSc1ccccn1. The van der Waals surface area contributed by atoms with Crippen LogP contribution < -0.4 is 16.0 Å². The molecule has 37 atom stereocenters. The Kier molecular flexibility index (Phi) is 42.2. The molecule has 700 valence electrons. The van der Waals surface area contributed by atoms with Gasteiger partial charge in [0.1, 0.15) is 180 Å². The molecule has 2 amide bonds. The van der Waals surface area contributed by atoms with Crippen molar-refractivity contribution in [2.75, 3.05) is 114 Å². The number of ketones is 2. The second kappa shape index (κ2) is 50.8. The molecule has 23 rings (SSSR count). The van der Waals surface area contributed by atoms with Gasteiger partial charge in [-0.15, -0.1) is 0 Å². The lowest BCUT2D eigenvalue weighted by atomic mass is 9.95. The Balaban J connectivity index is 0.912. The third kappa shape index (κ3) is 27.5. The number of amides is 2. The Morgan fingerprint density at radius 3 is 0.992 bits per heavy atom. The highest BCUT2D eigenvalue weighted by molar-refractivity contribution is 8.77. The van der Waals surface area contributed by atoms with Gasteiger partial charge >= 0.3 is 0 Å². The molecule has 0 spiro atoms. The third-order valence-electron chi connectivity index (χ3n) is 21.1. The molecule has 14 bridgehead atoms. The van der Waals surface area contributed by atoms with Gasteiger partial charge in [-0.2, -0.15) is 23.5 Å². The van der Waals surface area contributed by atoms with Crippen molar-refractivity contribution in [2.24, 2.45) is 5.92 Å². The summed E-state index contributed by atoms with van der Waals surface area (Å²) in [5, 5.41) is 231. The molecule has 0 aromatic carbocycles. The van der Waals surface area contributed by atoms with Crippen molar-refractivity contribution in [3.8, 4) is 0 Å². The lowest BCUT2D eigenvalue weighted by Crippen LogP contribution is -2.68. The van der Waals surface area contributed by atoms with Crippen LogP contribution in [0.5, 0.6) is 0 Å². The molecule has 14 unspecified atom stereocenters. The van der Waals surface area contributed by atoms with Gasteiger partial charge in [0.25, 0.3) is 0 Å². The summed E-state index contributed by atoms with van der Waals surface area (Å²) in [6.07, 6.45) is -69.3. The molecule has 2 aromatic heterocycles. The van der Waals surface area contributed by atoms with E-state index in [1.54, 1.807) is 30.6 Å². The fourth-order valence-corrected chi connectivity index (χ4v) is 20.3. The number of ether oxygens (including phenoxy) is 16. The number of rotatable bonds is 37. The van der Waals surface area contributed by atoms with E-state index in [4.69, 9.17) is 75.8 Å². The summed E-state index contributed by atoms with van der Waals surface area (Å²) < 4.78 is 95.5. The van der Waals surface area contributed by atoms with E-state index in [9.17, 15) is 116 Å². The quantitative estimate of drug-likeness (QED) is 0.0221. The number of aliphatic hydroxyl groups is 19. The van der Waals surface area contributed by atoms with Gasteiger partial charge in [-0.25, -0.2) is 9.97 Å². The largest absolute Gasteiger partial charge is 0.394 e. The van der Waals surface area contributed by atoms with Crippen LogP contribution in [-0.2, 0) is 95.0 Å². The van der Waals surface area contributed by atoms with Crippen molar-refractivity contribution in [1.29, 1.82) is 0 Å². The van der Waals surface area contributed by atoms with Gasteiger partial charge in [0.15, 0.2) is 44.0 Å². The van der Waals surface area contributed by atoms with Crippen LogP contribution in [0.15, 0.2) is 58.8 Å². The lowest BCUT2D eigenvalue weighted by molar-refractivity contribution is -0.395. The molecule has 21 saturated heterocycles. The number of Topliss-reactive ketones (excluding diaryl/α,β-unsaturated/α-hetero) is 2. The molecule has 123 heavy (non-hydrogen) atoms. The van der Waals surface area contributed by atoms with E-state index in [2.05, 4.69) is 25.9 Å². The molecule has 22 N–H and O–H groups in total. The molecule has 50 heteroatoms. The minimum atomic E-state index is -2.30. The predicted octanol–water partition coefficient (Wildman–Crippen LogP) is -9.28. The van der Waals surface area contributed by atoms with E-state index in [0.717, 1.165) is 28.5 Å². The highest BCUT2D eigenvalue weighted by Crippen LogP contribution is 2.41. The summed E-state index contributed by atoms with van der Waals surface area (Å²) in [5.74, 6) is -2.59. The maximum Gasteiger partial charge on any atom is 0.238 e. The van der Waals surface area contributed by atoms with E-state index in [0.29, 0.717) is 16.5 Å². The third-order valence-corrected chi connectivity index (χ3v) is 28.0. The van der Waals surface area contributed by atoms with Gasteiger partial charge in [-0.3, -0.25) is 19.2 Å². The number of pyridine rings is 2. The van der Waals surface area contributed by atoms with Crippen molar-refractivity contribution < 1.29 is 192 Å². The van der Waals surface area contributed by atoms with Gasteiger partial charge in [-0.1, -0.05) is 33.7 Å². The number of thioether (sulfide) groups is 2. The predicted molar refractivity (Wildman–Crippen MR) is 428 cm³/mol. The van der Waals surface area contributed by atoms with Gasteiger partial charge in [0.05, 0.1) is 83.6 Å². The number of nitrogens with one attached hydrogen (secondary N) is 3. The minimum absolute atomic E-state index is 0.0233. The maximum absolute atomic E-state index is 14.2. The molecule has 21 aliphatic heterocycles. The molecule has 23 heterocycles. The van der Waals surface area contributed by atoms with E-state index in [1.165, 1.54) is 57.1 Å².